The van der Waals surface area contributed by atoms with Crippen molar-refractivity contribution in [1.29, 1.82) is 0 Å². The van der Waals surface area contributed by atoms with Crippen LogP contribution in [0.3, 0.4) is 0 Å². The van der Waals surface area contributed by atoms with Gasteiger partial charge in [-0.1, -0.05) is 0 Å². The molecule has 0 aliphatic carbocycles. The second kappa shape index (κ2) is 11.9. The summed E-state index contributed by atoms with van der Waals surface area (Å²) in [6, 6.07) is 4.69. The maximum atomic E-state index is 14.2. The number of carboxylic acids is 2. The first-order valence-electron chi connectivity index (χ1n) is 9.25. The molecule has 2 heterocycles. The molecule has 3 rings (SSSR count). The second-order valence-corrected chi connectivity index (χ2v) is 6.77. The fraction of sp³-hybridized carbons (Fsp3) is 0.450. The third-order valence-electron chi connectivity index (χ3n) is 4.05. The van der Waals surface area contributed by atoms with Gasteiger partial charge in [-0.25, -0.2) is 9.37 Å². The van der Waals surface area contributed by atoms with Gasteiger partial charge in [0, 0.05) is 38.9 Å². The number of hydrogen-bond donors (Lipinski definition) is 4. The minimum absolute atomic E-state index is 0.388. The zero-order valence-corrected chi connectivity index (χ0v) is 17.3. The fourth-order valence-electron chi connectivity index (χ4n) is 2.89. The third kappa shape index (κ3) is 8.58. The Kier molecular flexibility index (Phi) is 9.93. The molecule has 0 spiro atoms. The Balaban J connectivity index is 0.000000485. The van der Waals surface area contributed by atoms with Crippen LogP contribution in [0.4, 0.5) is 4.39 Å². The highest BCUT2D eigenvalue weighted by molar-refractivity contribution is 5.63. The summed E-state index contributed by atoms with van der Waals surface area (Å²) in [4.78, 5) is 22.2. The van der Waals surface area contributed by atoms with Gasteiger partial charge in [-0.15, -0.1) is 0 Å². The zero-order chi connectivity index (χ0) is 22.7. The van der Waals surface area contributed by atoms with E-state index >= 15 is 0 Å². The van der Waals surface area contributed by atoms with Crippen molar-refractivity contribution in [3.8, 4) is 17.1 Å². The van der Waals surface area contributed by atoms with Crippen molar-refractivity contribution in [3.63, 3.8) is 0 Å². The predicted octanol–water partition coefficient (Wildman–Crippen LogP) is 1.99. The van der Waals surface area contributed by atoms with Crippen LogP contribution in [0.15, 0.2) is 30.6 Å². The standard InChI is InChI=1S/C16H20FN3O2.2C2H4O2/c1-22-12-3-4-13(14(17)9-12)15-19-7-8-20(15)11-16(21)5-2-6-18-10-16;2*1-2(3)4/h3-4,7-9,18,21H,2,5-6,10-11H2,1H3;2*1H3,(H,3,4). The predicted molar refractivity (Wildman–Crippen MR) is 108 cm³/mol. The molecule has 0 bridgehead atoms. The van der Waals surface area contributed by atoms with E-state index in [0.29, 0.717) is 30.2 Å². The number of aliphatic carboxylic acids is 2. The number of benzene rings is 1. The summed E-state index contributed by atoms with van der Waals surface area (Å²) in [5.74, 6) is -1.07. The highest BCUT2D eigenvalue weighted by atomic mass is 19.1. The number of aliphatic hydroxyl groups is 1. The number of rotatable bonds is 4. The number of ether oxygens (including phenoxy) is 1. The van der Waals surface area contributed by atoms with E-state index < -0.39 is 17.5 Å². The Morgan fingerprint density at radius 2 is 1.93 bits per heavy atom. The molecule has 1 saturated heterocycles. The fourth-order valence-corrected chi connectivity index (χ4v) is 2.89. The lowest BCUT2D eigenvalue weighted by atomic mass is 9.94. The first kappa shape index (κ1) is 25.1. The second-order valence-electron chi connectivity index (χ2n) is 6.77. The third-order valence-corrected chi connectivity index (χ3v) is 4.05. The summed E-state index contributed by atoms with van der Waals surface area (Å²) in [7, 11) is 1.50. The molecule has 0 radical (unpaired) electrons. The van der Waals surface area contributed by atoms with Gasteiger partial charge in [0.2, 0.25) is 0 Å². The van der Waals surface area contributed by atoms with Crippen molar-refractivity contribution < 1.29 is 34.0 Å². The highest BCUT2D eigenvalue weighted by Gasteiger charge is 2.30. The van der Waals surface area contributed by atoms with Crippen molar-refractivity contribution in [2.24, 2.45) is 0 Å². The Hall–Kier alpha value is -2.98. The van der Waals surface area contributed by atoms with Crippen LogP contribution in [0.5, 0.6) is 5.75 Å². The van der Waals surface area contributed by atoms with Gasteiger partial charge < -0.3 is 29.9 Å². The maximum Gasteiger partial charge on any atom is 0.300 e. The topological polar surface area (TPSA) is 134 Å². The molecule has 1 aliphatic heterocycles. The van der Waals surface area contributed by atoms with Crippen LogP contribution < -0.4 is 10.1 Å². The number of hydrogen-bond acceptors (Lipinski definition) is 6. The van der Waals surface area contributed by atoms with E-state index in [1.165, 1.54) is 13.2 Å². The smallest absolute Gasteiger partial charge is 0.300 e. The zero-order valence-electron chi connectivity index (χ0n) is 17.3. The lowest BCUT2D eigenvalue weighted by Gasteiger charge is -2.33. The molecule has 0 saturated carbocycles. The molecule has 30 heavy (non-hydrogen) atoms. The van der Waals surface area contributed by atoms with Crippen LogP contribution in [-0.4, -0.2) is 62.6 Å². The van der Waals surface area contributed by atoms with Crippen LogP contribution in [0.2, 0.25) is 0 Å². The monoisotopic (exact) mass is 425 g/mol. The van der Waals surface area contributed by atoms with E-state index in [4.69, 9.17) is 24.5 Å². The molecule has 10 heteroatoms. The summed E-state index contributed by atoms with van der Waals surface area (Å²) >= 11 is 0. The molecule has 9 nitrogen and oxygen atoms in total. The quantitative estimate of drug-likeness (QED) is 0.584. The number of aromatic nitrogens is 2. The van der Waals surface area contributed by atoms with Crippen molar-refractivity contribution in [2.75, 3.05) is 20.2 Å². The molecule has 1 aromatic heterocycles. The van der Waals surface area contributed by atoms with Crippen molar-refractivity contribution in [3.05, 3.63) is 36.4 Å². The number of β-amino-alcohol motifs (C(OH)–C–C–N with tert-alkyl or cyclic N) is 1. The Labute approximate surface area is 174 Å². The van der Waals surface area contributed by atoms with E-state index in [0.717, 1.165) is 33.2 Å². The highest BCUT2D eigenvalue weighted by Crippen LogP contribution is 2.27. The van der Waals surface area contributed by atoms with E-state index in [2.05, 4.69) is 10.3 Å². The molecule has 1 unspecified atom stereocenters. The molecule has 4 N–H and O–H groups in total. The van der Waals surface area contributed by atoms with Gasteiger partial charge in [0.05, 0.1) is 24.8 Å². The Morgan fingerprint density at radius 3 is 2.43 bits per heavy atom. The van der Waals surface area contributed by atoms with Crippen LogP contribution in [0.1, 0.15) is 26.7 Å². The molecule has 1 aliphatic rings. The minimum Gasteiger partial charge on any atom is -0.497 e. The molecule has 166 valence electrons. The minimum atomic E-state index is -0.833. The average molecular weight is 425 g/mol. The molecule has 1 atom stereocenters. The van der Waals surface area contributed by atoms with Crippen molar-refractivity contribution in [2.45, 2.75) is 38.8 Å². The molecule has 2 aromatic rings. The molecule has 0 amide bonds. The van der Waals surface area contributed by atoms with E-state index in [9.17, 15) is 9.50 Å². The number of piperidine rings is 1. The number of imidazole rings is 1. The number of methoxy groups -OCH3 is 1. The lowest BCUT2D eigenvalue weighted by molar-refractivity contribution is -0.135. The number of nitrogens with one attached hydrogen (secondary N) is 1. The largest absolute Gasteiger partial charge is 0.497 e. The number of carboxylic acid groups (broad SMARTS) is 2. The first-order chi connectivity index (χ1) is 14.1. The van der Waals surface area contributed by atoms with Crippen molar-refractivity contribution in [1.82, 2.24) is 14.9 Å². The summed E-state index contributed by atoms with van der Waals surface area (Å²) in [6.45, 7) is 4.02. The normalized spacial score (nSPS) is 17.6. The van der Waals surface area contributed by atoms with Crippen LogP contribution in [0, 0.1) is 5.82 Å². The van der Waals surface area contributed by atoms with Gasteiger partial charge in [-0.3, -0.25) is 9.59 Å². The van der Waals surface area contributed by atoms with Crippen LogP contribution in [0.25, 0.3) is 11.4 Å². The average Bonchev–Trinajstić information content (AvgIpc) is 3.08. The van der Waals surface area contributed by atoms with Crippen LogP contribution >= 0.6 is 0 Å². The SMILES string of the molecule is CC(=O)O.CC(=O)O.COc1ccc(-c2nccn2CC2(O)CCCNC2)c(F)c1. The molecule has 1 aromatic carbocycles. The number of nitrogens with zero attached hydrogens (tertiary/aromatic N) is 2. The van der Waals surface area contributed by atoms with Gasteiger partial charge >= 0.3 is 0 Å². The summed E-state index contributed by atoms with van der Waals surface area (Å²) < 4.78 is 21.1. The first-order valence-corrected chi connectivity index (χ1v) is 9.25. The van der Waals surface area contributed by atoms with Gasteiger partial charge in [0.15, 0.2) is 0 Å². The van der Waals surface area contributed by atoms with Gasteiger partial charge in [0.1, 0.15) is 17.4 Å². The lowest BCUT2D eigenvalue weighted by Crippen LogP contribution is -2.48. The van der Waals surface area contributed by atoms with Crippen molar-refractivity contribution >= 4 is 11.9 Å². The molecule has 1 fully saturated rings. The summed E-state index contributed by atoms with van der Waals surface area (Å²) in [6.07, 6.45) is 5.05. The van der Waals surface area contributed by atoms with E-state index in [1.807, 2.05) is 0 Å². The maximum absolute atomic E-state index is 14.2. The van der Waals surface area contributed by atoms with Crippen LogP contribution in [-0.2, 0) is 16.1 Å². The summed E-state index contributed by atoms with van der Waals surface area (Å²) in [5, 5.41) is 28.7. The Morgan fingerprint density at radius 1 is 1.30 bits per heavy atom. The number of halogens is 1. The molecular weight excluding hydrogens is 397 g/mol. The van der Waals surface area contributed by atoms with E-state index in [-0.39, 0.29) is 5.82 Å². The number of carbonyl (C=O) groups is 2. The van der Waals surface area contributed by atoms with Gasteiger partial charge in [-0.05, 0) is 31.5 Å². The Bertz CT molecular complexity index is 814. The molecular formula is C20H28FN3O6. The van der Waals surface area contributed by atoms with E-state index in [1.54, 1.807) is 29.1 Å². The summed E-state index contributed by atoms with van der Waals surface area (Å²) in [5.41, 5.74) is -0.422. The van der Waals surface area contributed by atoms with Gasteiger partial charge in [-0.2, -0.15) is 0 Å². The van der Waals surface area contributed by atoms with Gasteiger partial charge in [0.25, 0.3) is 11.9 Å².